The molecule has 2 aromatic carbocycles. The van der Waals surface area contributed by atoms with Crippen LogP contribution in [0.4, 0.5) is 0 Å². The van der Waals surface area contributed by atoms with E-state index in [-0.39, 0.29) is 29.4 Å². The second kappa shape index (κ2) is 9.48. The summed E-state index contributed by atoms with van der Waals surface area (Å²) in [5.41, 5.74) is 2.57. The number of hydrogen-bond acceptors (Lipinski definition) is 6. The molecule has 0 aliphatic heterocycles. The van der Waals surface area contributed by atoms with Gasteiger partial charge in [-0.2, -0.15) is 0 Å². The molecule has 2 rings (SSSR count). The summed E-state index contributed by atoms with van der Waals surface area (Å²) in [4.78, 5) is 0. The van der Waals surface area contributed by atoms with Crippen LogP contribution in [0.15, 0.2) is 30.3 Å². The Labute approximate surface area is 159 Å². The first-order chi connectivity index (χ1) is 12.8. The minimum Gasteiger partial charge on any atom is -0.508 e. The van der Waals surface area contributed by atoms with Crippen LogP contribution >= 0.6 is 0 Å². The number of aryl methyl sites for hydroxylation is 3. The molecule has 6 nitrogen and oxygen atoms in total. The molecule has 27 heavy (non-hydrogen) atoms. The van der Waals surface area contributed by atoms with E-state index in [1.807, 2.05) is 19.1 Å². The van der Waals surface area contributed by atoms with E-state index < -0.39 is 12.2 Å². The van der Waals surface area contributed by atoms with Gasteiger partial charge >= 0.3 is 0 Å². The zero-order valence-corrected chi connectivity index (χ0v) is 15.7. The van der Waals surface area contributed by atoms with E-state index in [0.29, 0.717) is 25.7 Å². The van der Waals surface area contributed by atoms with Gasteiger partial charge in [-0.25, -0.2) is 0 Å². The van der Waals surface area contributed by atoms with E-state index in [0.717, 1.165) is 16.7 Å². The third kappa shape index (κ3) is 6.05. The Morgan fingerprint density at radius 1 is 0.852 bits per heavy atom. The summed E-state index contributed by atoms with van der Waals surface area (Å²) >= 11 is 0. The molecule has 0 amide bonds. The van der Waals surface area contributed by atoms with Crippen LogP contribution in [-0.2, 0) is 12.8 Å². The molecule has 2 atom stereocenters. The van der Waals surface area contributed by atoms with Crippen LogP contribution < -0.4 is 4.74 Å². The van der Waals surface area contributed by atoms with Gasteiger partial charge in [0.25, 0.3) is 0 Å². The maximum atomic E-state index is 10.2. The Hall–Kier alpha value is -2.44. The van der Waals surface area contributed by atoms with E-state index in [9.17, 15) is 25.5 Å². The minimum absolute atomic E-state index is 0.184. The van der Waals surface area contributed by atoms with E-state index in [1.54, 1.807) is 12.1 Å². The van der Waals surface area contributed by atoms with Crippen molar-refractivity contribution in [3.63, 3.8) is 0 Å². The fourth-order valence-corrected chi connectivity index (χ4v) is 3.04. The number of benzene rings is 2. The molecule has 2 aromatic rings. The third-order valence-corrected chi connectivity index (χ3v) is 4.67. The van der Waals surface area contributed by atoms with Gasteiger partial charge in [0, 0.05) is 0 Å². The maximum Gasteiger partial charge on any atom is 0.200 e. The summed E-state index contributed by atoms with van der Waals surface area (Å²) < 4.78 is 5.00. The van der Waals surface area contributed by atoms with Crippen LogP contribution in [0.2, 0.25) is 0 Å². The molecule has 6 heteroatoms. The molecule has 0 aliphatic rings. The quantitative estimate of drug-likeness (QED) is 0.431. The zero-order valence-electron chi connectivity index (χ0n) is 15.7. The maximum absolute atomic E-state index is 10.2. The van der Waals surface area contributed by atoms with Gasteiger partial charge < -0.3 is 30.3 Å². The predicted octanol–water partition coefficient (Wildman–Crippen LogP) is 2.80. The Morgan fingerprint density at radius 3 is 2.07 bits per heavy atom. The molecule has 0 bridgehead atoms. The Bertz CT molecular complexity index is 759. The van der Waals surface area contributed by atoms with Crippen molar-refractivity contribution in [1.29, 1.82) is 0 Å². The van der Waals surface area contributed by atoms with Gasteiger partial charge in [-0.05, 0) is 73.9 Å². The second-order valence-electron chi connectivity index (χ2n) is 6.91. The highest BCUT2D eigenvalue weighted by molar-refractivity contribution is 5.51. The number of rotatable bonds is 9. The predicted molar refractivity (Wildman–Crippen MR) is 102 cm³/mol. The SMILES string of the molecule is COc1cc(CCC(O)CC(O)CCc2ccc(O)c(C)c2)cc(O)c1O. The van der Waals surface area contributed by atoms with Crippen molar-refractivity contribution >= 4 is 0 Å². The zero-order chi connectivity index (χ0) is 20.0. The Kier molecular flexibility index (Phi) is 7.33. The van der Waals surface area contributed by atoms with Gasteiger partial charge in [-0.1, -0.05) is 12.1 Å². The van der Waals surface area contributed by atoms with Gasteiger partial charge in [0.05, 0.1) is 19.3 Å². The number of phenols is 3. The molecule has 0 spiro atoms. The highest BCUT2D eigenvalue weighted by atomic mass is 16.5. The van der Waals surface area contributed by atoms with E-state index in [1.165, 1.54) is 13.2 Å². The smallest absolute Gasteiger partial charge is 0.200 e. The van der Waals surface area contributed by atoms with Gasteiger partial charge in [-0.15, -0.1) is 0 Å². The summed E-state index contributed by atoms with van der Waals surface area (Å²) in [6.07, 6.45) is 1.05. The molecule has 5 N–H and O–H groups in total. The second-order valence-corrected chi connectivity index (χ2v) is 6.91. The van der Waals surface area contributed by atoms with Gasteiger partial charge in [0.2, 0.25) is 5.75 Å². The average Bonchev–Trinajstić information content (AvgIpc) is 2.63. The molecular formula is C21H28O6. The number of hydrogen-bond donors (Lipinski definition) is 5. The van der Waals surface area contributed by atoms with Crippen molar-refractivity contribution < 1.29 is 30.3 Å². The normalized spacial score (nSPS) is 13.3. The first kappa shape index (κ1) is 20.9. The summed E-state index contributed by atoms with van der Waals surface area (Å²) in [6.45, 7) is 1.83. The molecule has 0 aromatic heterocycles. The summed E-state index contributed by atoms with van der Waals surface area (Å²) in [5, 5.41) is 49.2. The number of ether oxygens (including phenoxy) is 1. The van der Waals surface area contributed by atoms with Gasteiger partial charge in [0.1, 0.15) is 5.75 Å². The Balaban J connectivity index is 1.80. The lowest BCUT2D eigenvalue weighted by atomic mass is 9.98. The van der Waals surface area contributed by atoms with Crippen LogP contribution in [0, 0.1) is 6.92 Å². The molecule has 148 valence electrons. The third-order valence-electron chi connectivity index (χ3n) is 4.67. The fraction of sp³-hybridized carbons (Fsp3) is 0.429. The molecule has 0 heterocycles. The van der Waals surface area contributed by atoms with Crippen molar-refractivity contribution in [1.82, 2.24) is 0 Å². The van der Waals surface area contributed by atoms with Crippen LogP contribution in [0.25, 0.3) is 0 Å². The topological polar surface area (TPSA) is 110 Å². The fourth-order valence-electron chi connectivity index (χ4n) is 3.04. The van der Waals surface area contributed by atoms with Crippen molar-refractivity contribution in [2.24, 2.45) is 0 Å². The van der Waals surface area contributed by atoms with Gasteiger partial charge in [0.15, 0.2) is 11.5 Å². The molecule has 0 saturated carbocycles. The molecule has 0 fully saturated rings. The lowest BCUT2D eigenvalue weighted by Crippen LogP contribution is -2.19. The number of aromatic hydroxyl groups is 3. The highest BCUT2D eigenvalue weighted by Gasteiger charge is 2.14. The minimum atomic E-state index is -0.677. The molecular weight excluding hydrogens is 348 g/mol. The van der Waals surface area contributed by atoms with Crippen molar-refractivity contribution in [2.45, 2.75) is 51.2 Å². The number of aliphatic hydroxyl groups excluding tert-OH is 2. The van der Waals surface area contributed by atoms with E-state index in [2.05, 4.69) is 0 Å². The molecule has 0 saturated heterocycles. The molecule has 2 unspecified atom stereocenters. The number of aliphatic hydroxyl groups is 2. The van der Waals surface area contributed by atoms with Gasteiger partial charge in [-0.3, -0.25) is 0 Å². The summed E-state index contributed by atoms with van der Waals surface area (Å²) in [5.74, 6) is -0.125. The standard InChI is InChI=1S/C21H28O6/c1-13-9-14(5-8-18(13)24)3-6-16(22)12-17(23)7-4-15-10-19(25)21(26)20(11-15)27-2/h5,8-11,16-17,22-26H,3-4,6-7,12H2,1-2H3. The summed E-state index contributed by atoms with van der Waals surface area (Å²) in [6, 6.07) is 8.42. The van der Waals surface area contributed by atoms with Crippen LogP contribution in [0.1, 0.15) is 36.0 Å². The number of phenolic OH excluding ortho intramolecular Hbond substituents is 3. The van der Waals surface area contributed by atoms with Crippen molar-refractivity contribution in [3.8, 4) is 23.0 Å². The lowest BCUT2D eigenvalue weighted by molar-refractivity contribution is 0.0714. The monoisotopic (exact) mass is 376 g/mol. The number of methoxy groups -OCH3 is 1. The molecule has 0 aliphatic carbocycles. The van der Waals surface area contributed by atoms with Crippen molar-refractivity contribution in [3.05, 3.63) is 47.0 Å². The first-order valence-corrected chi connectivity index (χ1v) is 9.03. The summed E-state index contributed by atoms with van der Waals surface area (Å²) in [7, 11) is 1.40. The van der Waals surface area contributed by atoms with Crippen LogP contribution in [0.5, 0.6) is 23.0 Å². The highest BCUT2D eigenvalue weighted by Crippen LogP contribution is 2.36. The van der Waals surface area contributed by atoms with E-state index >= 15 is 0 Å². The van der Waals surface area contributed by atoms with Crippen LogP contribution in [-0.4, -0.2) is 44.9 Å². The molecule has 0 radical (unpaired) electrons. The lowest BCUT2D eigenvalue weighted by Gasteiger charge is -2.16. The Morgan fingerprint density at radius 2 is 1.48 bits per heavy atom. The largest absolute Gasteiger partial charge is 0.508 e. The van der Waals surface area contributed by atoms with E-state index in [4.69, 9.17) is 4.74 Å². The first-order valence-electron chi connectivity index (χ1n) is 9.03. The van der Waals surface area contributed by atoms with Crippen molar-refractivity contribution in [2.75, 3.05) is 7.11 Å². The van der Waals surface area contributed by atoms with Crippen LogP contribution in [0.3, 0.4) is 0 Å². The average molecular weight is 376 g/mol.